The molecule has 4 heteroatoms. The molecule has 0 saturated carbocycles. The first-order chi connectivity index (χ1) is 15.5. The topological polar surface area (TPSA) is 38.7 Å². The van der Waals surface area contributed by atoms with E-state index in [1.54, 1.807) is 6.66 Å². The molecule has 3 rings (SSSR count). The maximum atomic E-state index is 11.6. The molecule has 2 aromatic rings. The second kappa shape index (κ2) is 8.49. The van der Waals surface area contributed by atoms with Crippen molar-refractivity contribution in [3.05, 3.63) is 57.6 Å². The summed E-state index contributed by atoms with van der Waals surface area (Å²) in [7, 11) is -3.55. The van der Waals surface area contributed by atoms with Crippen LogP contribution in [-0.2, 0) is 21.7 Å². The van der Waals surface area contributed by atoms with Crippen LogP contribution in [0.3, 0.4) is 0 Å². The van der Waals surface area contributed by atoms with Crippen molar-refractivity contribution < 1.29 is 13.9 Å². The quantitative estimate of drug-likeness (QED) is 0.367. The molecule has 0 atom stereocenters. The molecule has 0 fully saturated rings. The van der Waals surface area contributed by atoms with Gasteiger partial charge in [-0.3, -0.25) is 0 Å². The van der Waals surface area contributed by atoms with Gasteiger partial charge in [0.15, 0.2) is 0 Å². The van der Waals surface area contributed by atoms with Crippen LogP contribution in [0, 0.1) is 0 Å². The number of hydrogen-bond acceptors (Lipinski definition) is 3. The monoisotopic (exact) mass is 500 g/mol. The van der Waals surface area contributed by atoms with Crippen LogP contribution in [0.5, 0.6) is 11.5 Å². The summed E-state index contributed by atoms with van der Waals surface area (Å²) in [5, 5.41) is 0. The SMILES string of the molecule is CC1c2cc(C(C)(C)C)cc(C(C)(C)C)c2O[PH](C)(O)Oc2c1cc(C(C)(C)C)cc2C(C)(C)C. The van der Waals surface area contributed by atoms with Crippen molar-refractivity contribution in [2.45, 2.75) is 118 Å². The van der Waals surface area contributed by atoms with Crippen molar-refractivity contribution in [2.75, 3.05) is 6.66 Å². The molecular weight excluding hydrogens is 451 g/mol. The molecule has 1 heterocycles. The van der Waals surface area contributed by atoms with Crippen molar-refractivity contribution >= 4 is 7.94 Å². The fraction of sp³-hybridized carbons (Fsp3) is 0.613. The Morgan fingerprint density at radius 1 is 0.600 bits per heavy atom. The summed E-state index contributed by atoms with van der Waals surface area (Å²) < 4.78 is 13.0. The first kappa shape index (κ1) is 28.0. The van der Waals surface area contributed by atoms with Crippen LogP contribution in [0.15, 0.2) is 24.3 Å². The first-order valence-electron chi connectivity index (χ1n) is 13.0. The first-order valence-corrected chi connectivity index (χ1v) is 15.3. The Morgan fingerprint density at radius 2 is 0.914 bits per heavy atom. The van der Waals surface area contributed by atoms with Gasteiger partial charge in [-0.25, -0.2) is 0 Å². The second-order valence-electron chi connectivity index (χ2n) is 14.7. The van der Waals surface area contributed by atoms with E-state index in [-0.39, 0.29) is 27.6 Å². The standard InChI is InChI=1S/C31H49O3P/c1-19-22-15-20(28(2,3)4)17-24(30(8,9)10)26(22)33-35(14,32)34-27-23(19)16-21(29(5,6)7)18-25(27)31(11,12)13/h15-19,32,35H,1-14H3. The third-order valence-corrected chi connectivity index (χ3v) is 8.27. The van der Waals surface area contributed by atoms with Gasteiger partial charge in [0.05, 0.1) is 0 Å². The third-order valence-electron chi connectivity index (χ3n) is 7.10. The predicted octanol–water partition coefficient (Wildman–Crippen LogP) is 8.92. The minimum atomic E-state index is -3.55. The average Bonchev–Trinajstić information content (AvgIpc) is 2.62. The Labute approximate surface area is 215 Å². The van der Waals surface area contributed by atoms with Crippen LogP contribution >= 0.6 is 7.94 Å². The van der Waals surface area contributed by atoms with E-state index in [2.05, 4.69) is 114 Å². The number of fused-ring (bicyclic) bond motifs is 2. The second-order valence-corrected chi connectivity index (χ2v) is 16.9. The summed E-state index contributed by atoms with van der Waals surface area (Å²) in [5.41, 5.74) is 6.73. The molecule has 1 N–H and O–H groups in total. The van der Waals surface area contributed by atoms with E-state index >= 15 is 0 Å². The third kappa shape index (κ3) is 5.72. The van der Waals surface area contributed by atoms with Gasteiger partial charge in [-0.1, -0.05) is 0 Å². The van der Waals surface area contributed by atoms with Crippen molar-refractivity contribution in [3.8, 4) is 11.5 Å². The van der Waals surface area contributed by atoms with Gasteiger partial charge in [0.1, 0.15) is 0 Å². The summed E-state index contributed by atoms with van der Waals surface area (Å²) >= 11 is 0. The molecule has 35 heavy (non-hydrogen) atoms. The van der Waals surface area contributed by atoms with Gasteiger partial charge in [0.25, 0.3) is 0 Å². The van der Waals surface area contributed by atoms with Crippen LogP contribution in [0.25, 0.3) is 0 Å². The van der Waals surface area contributed by atoms with Gasteiger partial charge >= 0.3 is 215 Å². The van der Waals surface area contributed by atoms with E-state index in [0.717, 1.165) is 33.8 Å². The zero-order valence-electron chi connectivity index (χ0n) is 24.7. The van der Waals surface area contributed by atoms with Gasteiger partial charge in [0.2, 0.25) is 0 Å². The Hall–Kier alpha value is -1.57. The molecule has 0 spiro atoms. The van der Waals surface area contributed by atoms with Crippen molar-refractivity contribution in [3.63, 3.8) is 0 Å². The fourth-order valence-electron chi connectivity index (χ4n) is 4.72. The van der Waals surface area contributed by atoms with Gasteiger partial charge < -0.3 is 0 Å². The Bertz CT molecular complexity index is 1030. The average molecular weight is 501 g/mol. The predicted molar refractivity (Wildman–Crippen MR) is 153 cm³/mol. The van der Waals surface area contributed by atoms with Gasteiger partial charge in [0, 0.05) is 0 Å². The van der Waals surface area contributed by atoms with Crippen LogP contribution in [0.4, 0.5) is 0 Å². The van der Waals surface area contributed by atoms with Crippen LogP contribution in [0.2, 0.25) is 0 Å². The van der Waals surface area contributed by atoms with Crippen molar-refractivity contribution in [1.82, 2.24) is 0 Å². The number of hydrogen-bond donors (Lipinski definition) is 1. The van der Waals surface area contributed by atoms with Crippen LogP contribution in [0.1, 0.15) is 129 Å². The fourth-order valence-corrected chi connectivity index (χ4v) is 5.98. The number of benzene rings is 2. The molecule has 0 bridgehead atoms. The van der Waals surface area contributed by atoms with E-state index in [1.165, 1.54) is 11.1 Å². The zero-order valence-corrected chi connectivity index (χ0v) is 25.7. The minimum absolute atomic E-state index is 0.0137. The molecule has 0 radical (unpaired) electrons. The molecule has 1 aliphatic rings. The Morgan fingerprint density at radius 3 is 1.17 bits per heavy atom. The Balaban J connectivity index is 2.49. The van der Waals surface area contributed by atoms with E-state index in [4.69, 9.17) is 9.05 Å². The molecule has 0 saturated heterocycles. The van der Waals surface area contributed by atoms with E-state index in [0.29, 0.717) is 0 Å². The van der Waals surface area contributed by atoms with Gasteiger partial charge in [-0.2, -0.15) is 0 Å². The van der Waals surface area contributed by atoms with Crippen molar-refractivity contribution in [1.29, 1.82) is 0 Å². The van der Waals surface area contributed by atoms with Gasteiger partial charge in [-0.15, -0.1) is 0 Å². The molecule has 2 aromatic carbocycles. The summed E-state index contributed by atoms with van der Waals surface area (Å²) in [6, 6.07) is 9.14. The maximum absolute atomic E-state index is 11.6. The van der Waals surface area contributed by atoms with E-state index in [9.17, 15) is 4.89 Å². The molecule has 3 nitrogen and oxygen atoms in total. The molecule has 0 aromatic heterocycles. The summed E-state index contributed by atoms with van der Waals surface area (Å²) in [5.74, 6) is 1.62. The molecule has 196 valence electrons. The molecule has 0 aliphatic carbocycles. The zero-order chi connectivity index (χ0) is 26.9. The Kier molecular flexibility index (Phi) is 6.79. The molecule has 1 aliphatic heterocycles. The van der Waals surface area contributed by atoms with Crippen LogP contribution in [-0.4, -0.2) is 11.6 Å². The number of rotatable bonds is 0. The van der Waals surface area contributed by atoms with Gasteiger partial charge in [-0.05, 0) is 0 Å². The summed E-state index contributed by atoms with van der Waals surface area (Å²) in [4.78, 5) is 11.6. The van der Waals surface area contributed by atoms with Crippen molar-refractivity contribution in [2.24, 2.45) is 0 Å². The van der Waals surface area contributed by atoms with Crippen LogP contribution < -0.4 is 9.05 Å². The summed E-state index contributed by atoms with van der Waals surface area (Å²) in [6.07, 6.45) is 0. The van der Waals surface area contributed by atoms with E-state index in [1.807, 2.05) is 0 Å². The molecular formula is C31H49O3P. The van der Waals surface area contributed by atoms with E-state index < -0.39 is 7.94 Å². The normalized spacial score (nSPS) is 19.5. The summed E-state index contributed by atoms with van der Waals surface area (Å²) in [6.45, 7) is 30.8. The molecule has 0 amide bonds. The molecule has 0 unspecified atom stereocenters.